The van der Waals surface area contributed by atoms with Gasteiger partial charge in [-0.05, 0) is 26.0 Å². The highest BCUT2D eigenvalue weighted by atomic mass is 35.5. The largest absolute Gasteiger partial charge is 0.386 e. The molecule has 2 aromatic heterocycles. The Hall–Kier alpha value is -1.93. The lowest BCUT2D eigenvalue weighted by molar-refractivity contribution is 0.184. The number of nitrogens with one attached hydrogen (secondary N) is 2. The van der Waals surface area contributed by atoms with Crippen LogP contribution >= 0.6 is 34.3 Å². The second-order valence-electron chi connectivity index (χ2n) is 6.13. The summed E-state index contributed by atoms with van der Waals surface area (Å²) in [6.45, 7) is 5.66. The Bertz CT molecular complexity index is 923. The standard InChI is InChI=1S/C20H23ClN4OS2/c1-3-22-20(23-11-15(26)16-9-10-18(21)27-16)24-12-17-13(2)25-19(28-17)14-7-5-4-6-8-14/h4-10,15,26H,3,11-12H2,1-2H3,(H2,22,23,24). The summed E-state index contributed by atoms with van der Waals surface area (Å²) in [6, 6.07) is 13.8. The molecule has 0 fully saturated rings. The average Bonchev–Trinajstić information content (AvgIpc) is 3.30. The van der Waals surface area contributed by atoms with Gasteiger partial charge in [-0.15, -0.1) is 22.7 Å². The molecule has 8 heteroatoms. The average molecular weight is 435 g/mol. The van der Waals surface area contributed by atoms with E-state index in [0.29, 0.717) is 23.4 Å². The van der Waals surface area contributed by atoms with Crippen molar-refractivity contribution in [2.24, 2.45) is 4.99 Å². The summed E-state index contributed by atoms with van der Waals surface area (Å²) in [5, 5.41) is 17.7. The number of guanidine groups is 1. The van der Waals surface area contributed by atoms with Crippen molar-refractivity contribution < 1.29 is 5.11 Å². The minimum absolute atomic E-state index is 0.361. The van der Waals surface area contributed by atoms with Gasteiger partial charge in [-0.25, -0.2) is 9.98 Å². The van der Waals surface area contributed by atoms with E-state index in [9.17, 15) is 5.11 Å². The molecule has 0 bridgehead atoms. The van der Waals surface area contributed by atoms with Crippen LogP contribution in [0.4, 0.5) is 0 Å². The van der Waals surface area contributed by atoms with Crippen molar-refractivity contribution in [1.82, 2.24) is 15.6 Å². The maximum atomic E-state index is 10.3. The molecule has 0 saturated carbocycles. The van der Waals surface area contributed by atoms with Gasteiger partial charge in [0.1, 0.15) is 11.1 Å². The fourth-order valence-corrected chi connectivity index (χ4v) is 4.61. The van der Waals surface area contributed by atoms with Crippen LogP contribution in [0.5, 0.6) is 0 Å². The van der Waals surface area contributed by atoms with Gasteiger partial charge < -0.3 is 15.7 Å². The van der Waals surface area contributed by atoms with Gasteiger partial charge in [-0.1, -0.05) is 41.9 Å². The van der Waals surface area contributed by atoms with Crippen molar-refractivity contribution in [1.29, 1.82) is 0 Å². The Morgan fingerprint density at radius 1 is 1.18 bits per heavy atom. The summed E-state index contributed by atoms with van der Waals surface area (Å²) in [6.07, 6.45) is -0.629. The van der Waals surface area contributed by atoms with Crippen LogP contribution in [0.2, 0.25) is 4.34 Å². The number of nitrogens with zero attached hydrogens (tertiary/aromatic N) is 2. The number of thiophene rings is 1. The quantitative estimate of drug-likeness (QED) is 0.374. The molecule has 0 amide bonds. The summed E-state index contributed by atoms with van der Waals surface area (Å²) in [5.41, 5.74) is 2.12. The third-order valence-electron chi connectivity index (χ3n) is 4.02. The highest BCUT2D eigenvalue weighted by Crippen LogP contribution is 2.28. The van der Waals surface area contributed by atoms with Crippen molar-refractivity contribution in [3.63, 3.8) is 0 Å². The van der Waals surface area contributed by atoms with Gasteiger partial charge in [0.25, 0.3) is 0 Å². The molecule has 1 atom stereocenters. The number of aliphatic imine (C=N–C) groups is 1. The molecule has 0 aliphatic heterocycles. The van der Waals surface area contributed by atoms with Crippen LogP contribution in [-0.2, 0) is 6.54 Å². The van der Waals surface area contributed by atoms with Crippen LogP contribution in [0.3, 0.4) is 0 Å². The number of benzene rings is 1. The summed E-state index contributed by atoms with van der Waals surface area (Å²) < 4.78 is 0.671. The predicted octanol–water partition coefficient (Wildman–Crippen LogP) is 4.62. The zero-order valence-corrected chi connectivity index (χ0v) is 18.2. The first-order valence-corrected chi connectivity index (χ1v) is 11.0. The van der Waals surface area contributed by atoms with Gasteiger partial charge in [0.05, 0.1) is 16.6 Å². The van der Waals surface area contributed by atoms with Gasteiger partial charge in [0, 0.05) is 28.4 Å². The van der Waals surface area contributed by atoms with Crippen LogP contribution < -0.4 is 10.6 Å². The van der Waals surface area contributed by atoms with Gasteiger partial charge in [-0.3, -0.25) is 0 Å². The maximum absolute atomic E-state index is 10.3. The lowest BCUT2D eigenvalue weighted by atomic mass is 10.2. The molecule has 0 aliphatic carbocycles. The zero-order chi connectivity index (χ0) is 19.9. The van der Waals surface area contributed by atoms with E-state index < -0.39 is 6.10 Å². The SMILES string of the molecule is CCNC(=NCc1sc(-c2ccccc2)nc1C)NCC(O)c1ccc(Cl)s1. The molecule has 1 aromatic carbocycles. The lowest BCUT2D eigenvalue weighted by Gasteiger charge is -2.14. The Morgan fingerprint density at radius 3 is 2.64 bits per heavy atom. The molecule has 3 aromatic rings. The van der Waals surface area contributed by atoms with Crippen molar-refractivity contribution in [2.75, 3.05) is 13.1 Å². The number of thiazole rings is 1. The van der Waals surface area contributed by atoms with Crippen LogP contribution in [0.15, 0.2) is 47.5 Å². The smallest absolute Gasteiger partial charge is 0.191 e. The van der Waals surface area contributed by atoms with Crippen molar-refractivity contribution in [3.05, 3.63) is 62.2 Å². The van der Waals surface area contributed by atoms with Gasteiger partial charge in [0.15, 0.2) is 5.96 Å². The Labute approximate surface area is 178 Å². The number of rotatable bonds is 7. The number of aryl methyl sites for hydroxylation is 1. The van der Waals surface area contributed by atoms with Crippen LogP contribution in [0.1, 0.15) is 28.5 Å². The van der Waals surface area contributed by atoms with Crippen molar-refractivity contribution in [2.45, 2.75) is 26.5 Å². The van der Waals surface area contributed by atoms with E-state index in [0.717, 1.165) is 32.6 Å². The number of halogens is 1. The molecule has 5 nitrogen and oxygen atoms in total. The second kappa shape index (κ2) is 10.0. The van der Waals surface area contributed by atoms with Crippen LogP contribution in [0, 0.1) is 6.92 Å². The van der Waals surface area contributed by atoms with Crippen LogP contribution in [0.25, 0.3) is 10.6 Å². The fraction of sp³-hybridized carbons (Fsp3) is 0.300. The van der Waals surface area contributed by atoms with E-state index >= 15 is 0 Å². The van der Waals surface area contributed by atoms with Gasteiger partial charge in [-0.2, -0.15) is 0 Å². The molecule has 0 saturated heterocycles. The first-order valence-electron chi connectivity index (χ1n) is 9.04. The predicted molar refractivity (Wildman–Crippen MR) is 119 cm³/mol. The molecular formula is C20H23ClN4OS2. The minimum atomic E-state index is -0.629. The van der Waals surface area contributed by atoms with E-state index in [1.54, 1.807) is 17.4 Å². The fourth-order valence-electron chi connectivity index (χ4n) is 2.57. The monoisotopic (exact) mass is 434 g/mol. The van der Waals surface area contributed by atoms with Crippen molar-refractivity contribution >= 4 is 40.2 Å². The molecular weight excluding hydrogens is 412 g/mol. The molecule has 0 radical (unpaired) electrons. The maximum Gasteiger partial charge on any atom is 0.191 e. The molecule has 28 heavy (non-hydrogen) atoms. The number of aromatic nitrogens is 1. The molecule has 148 valence electrons. The molecule has 0 spiro atoms. The highest BCUT2D eigenvalue weighted by Gasteiger charge is 2.12. The Balaban J connectivity index is 1.65. The van der Waals surface area contributed by atoms with E-state index in [4.69, 9.17) is 11.6 Å². The van der Waals surface area contributed by atoms with Gasteiger partial charge >= 0.3 is 0 Å². The van der Waals surface area contributed by atoms with Crippen molar-refractivity contribution in [3.8, 4) is 10.6 Å². The third-order valence-corrected chi connectivity index (χ3v) is 6.55. The third kappa shape index (κ3) is 5.54. The normalized spacial score (nSPS) is 12.8. The lowest BCUT2D eigenvalue weighted by Crippen LogP contribution is -2.39. The minimum Gasteiger partial charge on any atom is -0.386 e. The van der Waals surface area contributed by atoms with E-state index in [2.05, 4.69) is 32.7 Å². The topological polar surface area (TPSA) is 69.5 Å². The van der Waals surface area contributed by atoms with Gasteiger partial charge in [0.2, 0.25) is 0 Å². The summed E-state index contributed by atoms with van der Waals surface area (Å²) in [7, 11) is 0. The molecule has 0 aliphatic rings. The Kier molecular flexibility index (Phi) is 7.44. The zero-order valence-electron chi connectivity index (χ0n) is 15.8. The Morgan fingerprint density at radius 2 is 1.96 bits per heavy atom. The molecule has 1 unspecified atom stereocenters. The number of hydrogen-bond acceptors (Lipinski definition) is 5. The summed E-state index contributed by atoms with van der Waals surface area (Å²) >= 11 is 8.98. The first-order chi connectivity index (χ1) is 13.6. The molecule has 3 N–H and O–H groups in total. The molecule has 3 rings (SSSR count). The highest BCUT2D eigenvalue weighted by molar-refractivity contribution is 7.16. The van der Waals surface area contributed by atoms with E-state index in [1.165, 1.54) is 11.3 Å². The van der Waals surface area contributed by atoms with E-state index in [-0.39, 0.29) is 0 Å². The molecule has 2 heterocycles. The van der Waals surface area contributed by atoms with E-state index in [1.807, 2.05) is 38.1 Å². The summed E-state index contributed by atoms with van der Waals surface area (Å²) in [5.74, 6) is 0.665. The summed E-state index contributed by atoms with van der Waals surface area (Å²) in [4.78, 5) is 11.3. The number of aliphatic hydroxyl groups is 1. The first kappa shape index (κ1) is 20.8. The van der Waals surface area contributed by atoms with Crippen LogP contribution in [-0.4, -0.2) is 29.1 Å². The second-order valence-corrected chi connectivity index (χ2v) is 8.96. The number of hydrogen-bond donors (Lipinski definition) is 3. The number of aliphatic hydroxyl groups excluding tert-OH is 1.